The standard InChI is InChI=1S/C11H19N3O2S/c1-6(2)8(10(13)17)11(16)14-4-3-7(5-14)9(12)15/h6-8H,3-5H2,1-2H3,(H2,12,15)(H2,13,17). The van der Waals surface area contributed by atoms with E-state index in [0.717, 1.165) is 0 Å². The molecule has 2 unspecified atom stereocenters. The molecule has 0 bridgehead atoms. The van der Waals surface area contributed by atoms with Gasteiger partial charge in [-0.3, -0.25) is 9.59 Å². The summed E-state index contributed by atoms with van der Waals surface area (Å²) in [6.45, 7) is 4.75. The molecule has 17 heavy (non-hydrogen) atoms. The van der Waals surface area contributed by atoms with Gasteiger partial charge in [0.25, 0.3) is 0 Å². The minimum absolute atomic E-state index is 0.0626. The van der Waals surface area contributed by atoms with Crippen LogP contribution in [-0.4, -0.2) is 34.8 Å². The Hall–Kier alpha value is -1.17. The summed E-state index contributed by atoms with van der Waals surface area (Å²) < 4.78 is 0. The molecule has 0 aromatic rings. The van der Waals surface area contributed by atoms with Gasteiger partial charge in [-0.25, -0.2) is 0 Å². The highest BCUT2D eigenvalue weighted by molar-refractivity contribution is 7.80. The number of likely N-dealkylation sites (tertiary alicyclic amines) is 1. The highest BCUT2D eigenvalue weighted by Crippen LogP contribution is 2.21. The maximum atomic E-state index is 12.2. The molecule has 1 heterocycles. The van der Waals surface area contributed by atoms with Gasteiger partial charge in [0, 0.05) is 13.1 Å². The lowest BCUT2D eigenvalue weighted by molar-refractivity contribution is -0.133. The van der Waals surface area contributed by atoms with Crippen LogP contribution in [0.15, 0.2) is 0 Å². The lowest BCUT2D eigenvalue weighted by Crippen LogP contribution is -2.43. The number of nitrogens with zero attached hydrogens (tertiary/aromatic N) is 1. The van der Waals surface area contributed by atoms with E-state index in [-0.39, 0.29) is 28.6 Å². The first kappa shape index (κ1) is 13.9. The quantitative estimate of drug-likeness (QED) is 0.687. The molecular formula is C11H19N3O2S. The lowest BCUT2D eigenvalue weighted by Gasteiger charge is -2.25. The van der Waals surface area contributed by atoms with Gasteiger partial charge in [0.05, 0.1) is 16.8 Å². The number of rotatable bonds is 4. The monoisotopic (exact) mass is 257 g/mol. The molecule has 2 atom stereocenters. The highest BCUT2D eigenvalue weighted by atomic mass is 32.1. The summed E-state index contributed by atoms with van der Waals surface area (Å²) in [6, 6.07) is 0. The molecular weight excluding hydrogens is 238 g/mol. The molecule has 1 aliphatic heterocycles. The number of primary amides is 1. The number of amides is 2. The fourth-order valence-electron chi connectivity index (χ4n) is 2.12. The second-order valence-corrected chi connectivity index (χ2v) is 5.27. The van der Waals surface area contributed by atoms with E-state index in [1.807, 2.05) is 13.8 Å². The molecule has 5 nitrogen and oxygen atoms in total. The molecule has 0 saturated carbocycles. The second kappa shape index (κ2) is 5.44. The zero-order valence-corrected chi connectivity index (χ0v) is 11.0. The van der Waals surface area contributed by atoms with Gasteiger partial charge in [-0.2, -0.15) is 0 Å². The lowest BCUT2D eigenvalue weighted by atomic mass is 9.94. The number of carbonyl (C=O) groups is 2. The highest BCUT2D eigenvalue weighted by Gasteiger charge is 2.35. The summed E-state index contributed by atoms with van der Waals surface area (Å²) in [6.07, 6.45) is 0.628. The Morgan fingerprint density at radius 3 is 2.29 bits per heavy atom. The van der Waals surface area contributed by atoms with E-state index in [0.29, 0.717) is 19.5 Å². The van der Waals surface area contributed by atoms with Crippen LogP contribution >= 0.6 is 12.2 Å². The number of nitrogens with two attached hydrogens (primary N) is 2. The Bertz CT molecular complexity index is 344. The Morgan fingerprint density at radius 1 is 1.35 bits per heavy atom. The average molecular weight is 257 g/mol. The van der Waals surface area contributed by atoms with Crippen LogP contribution in [0.25, 0.3) is 0 Å². The molecule has 0 spiro atoms. The van der Waals surface area contributed by atoms with Crippen molar-refractivity contribution < 1.29 is 9.59 Å². The minimum atomic E-state index is -0.448. The first-order valence-corrected chi connectivity index (χ1v) is 6.12. The smallest absolute Gasteiger partial charge is 0.232 e. The van der Waals surface area contributed by atoms with Crippen LogP contribution in [0.5, 0.6) is 0 Å². The number of hydrogen-bond acceptors (Lipinski definition) is 3. The minimum Gasteiger partial charge on any atom is -0.393 e. The van der Waals surface area contributed by atoms with Gasteiger partial charge in [0.1, 0.15) is 0 Å². The first-order valence-electron chi connectivity index (χ1n) is 5.72. The average Bonchev–Trinajstić information content (AvgIpc) is 2.64. The Kier molecular flexibility index (Phi) is 4.45. The molecule has 1 aliphatic rings. The van der Waals surface area contributed by atoms with Gasteiger partial charge in [-0.05, 0) is 12.3 Å². The Labute approximate surface area is 107 Å². The maximum absolute atomic E-state index is 12.2. The first-order chi connectivity index (χ1) is 7.84. The normalized spacial score (nSPS) is 21.6. The van der Waals surface area contributed by atoms with E-state index in [9.17, 15) is 9.59 Å². The van der Waals surface area contributed by atoms with Gasteiger partial charge in [0.15, 0.2) is 0 Å². The summed E-state index contributed by atoms with van der Waals surface area (Å²) >= 11 is 4.92. The van der Waals surface area contributed by atoms with Crippen LogP contribution in [0.4, 0.5) is 0 Å². The molecule has 96 valence electrons. The third kappa shape index (κ3) is 3.15. The fraction of sp³-hybridized carbons (Fsp3) is 0.727. The molecule has 0 radical (unpaired) electrons. The van der Waals surface area contributed by atoms with E-state index >= 15 is 0 Å². The molecule has 0 aromatic carbocycles. The van der Waals surface area contributed by atoms with Crippen molar-refractivity contribution in [2.45, 2.75) is 20.3 Å². The molecule has 4 N–H and O–H groups in total. The van der Waals surface area contributed by atoms with E-state index in [2.05, 4.69) is 0 Å². The van der Waals surface area contributed by atoms with E-state index in [4.69, 9.17) is 23.7 Å². The van der Waals surface area contributed by atoms with Crippen LogP contribution in [0, 0.1) is 17.8 Å². The topological polar surface area (TPSA) is 89.4 Å². The van der Waals surface area contributed by atoms with Crippen LogP contribution < -0.4 is 11.5 Å². The van der Waals surface area contributed by atoms with Gasteiger partial charge in [-0.15, -0.1) is 0 Å². The van der Waals surface area contributed by atoms with Crippen LogP contribution in [0.3, 0.4) is 0 Å². The Balaban J connectivity index is 2.71. The molecule has 0 aliphatic carbocycles. The van der Waals surface area contributed by atoms with Crippen molar-refractivity contribution in [3.8, 4) is 0 Å². The van der Waals surface area contributed by atoms with Crippen molar-refractivity contribution >= 4 is 29.0 Å². The van der Waals surface area contributed by atoms with Gasteiger partial charge in [0.2, 0.25) is 11.8 Å². The Morgan fingerprint density at radius 2 is 1.94 bits per heavy atom. The van der Waals surface area contributed by atoms with E-state index in [1.54, 1.807) is 4.90 Å². The fourth-order valence-corrected chi connectivity index (χ4v) is 2.50. The molecule has 6 heteroatoms. The summed E-state index contributed by atoms with van der Waals surface area (Å²) in [5.41, 5.74) is 10.8. The number of carbonyl (C=O) groups excluding carboxylic acids is 2. The molecule has 1 fully saturated rings. The largest absolute Gasteiger partial charge is 0.393 e. The van der Waals surface area contributed by atoms with Gasteiger partial charge in [-0.1, -0.05) is 26.1 Å². The van der Waals surface area contributed by atoms with Crippen molar-refractivity contribution in [2.75, 3.05) is 13.1 Å². The predicted octanol–water partition coefficient (Wildman–Crippen LogP) is -0.121. The third-order valence-electron chi connectivity index (χ3n) is 3.14. The number of hydrogen-bond donors (Lipinski definition) is 2. The molecule has 1 saturated heterocycles. The summed E-state index contributed by atoms with van der Waals surface area (Å²) in [4.78, 5) is 25.1. The van der Waals surface area contributed by atoms with Crippen molar-refractivity contribution in [1.29, 1.82) is 0 Å². The summed E-state index contributed by atoms with van der Waals surface area (Å²) in [5.74, 6) is -1.06. The molecule has 1 rings (SSSR count). The predicted molar refractivity (Wildman–Crippen MR) is 69.0 cm³/mol. The van der Waals surface area contributed by atoms with Gasteiger partial charge < -0.3 is 16.4 Å². The van der Waals surface area contributed by atoms with Crippen LogP contribution in [0.2, 0.25) is 0 Å². The van der Waals surface area contributed by atoms with E-state index in [1.165, 1.54) is 0 Å². The van der Waals surface area contributed by atoms with Crippen molar-refractivity contribution in [3.63, 3.8) is 0 Å². The third-order valence-corrected chi connectivity index (χ3v) is 3.40. The zero-order valence-electron chi connectivity index (χ0n) is 10.2. The molecule has 0 aromatic heterocycles. The maximum Gasteiger partial charge on any atom is 0.232 e. The van der Waals surface area contributed by atoms with E-state index < -0.39 is 5.92 Å². The van der Waals surface area contributed by atoms with Crippen LogP contribution in [-0.2, 0) is 9.59 Å². The SMILES string of the molecule is CC(C)C(C(=O)N1CCC(C(N)=O)C1)C(N)=S. The van der Waals surface area contributed by atoms with Crippen molar-refractivity contribution in [3.05, 3.63) is 0 Å². The number of thiocarbonyl (C=S) groups is 1. The molecule has 2 amide bonds. The van der Waals surface area contributed by atoms with Crippen molar-refractivity contribution in [2.24, 2.45) is 29.2 Å². The summed E-state index contributed by atoms with van der Waals surface area (Å²) in [5, 5.41) is 0. The van der Waals surface area contributed by atoms with Crippen LogP contribution in [0.1, 0.15) is 20.3 Å². The zero-order chi connectivity index (χ0) is 13.2. The van der Waals surface area contributed by atoms with Gasteiger partial charge >= 0.3 is 0 Å². The second-order valence-electron chi connectivity index (χ2n) is 4.80. The van der Waals surface area contributed by atoms with Crippen molar-refractivity contribution in [1.82, 2.24) is 4.90 Å². The summed E-state index contributed by atoms with van der Waals surface area (Å²) in [7, 11) is 0.